The highest BCUT2D eigenvalue weighted by Crippen LogP contribution is 2.22. The maximum atomic E-state index is 8.41. The van der Waals surface area contributed by atoms with Crippen molar-refractivity contribution in [2.24, 2.45) is 0 Å². The van der Waals surface area contributed by atoms with Gasteiger partial charge in [0.05, 0.1) is 6.07 Å². The molecule has 1 rings (SSSR count). The Kier molecular flexibility index (Phi) is 7.55. The van der Waals surface area contributed by atoms with Gasteiger partial charge >= 0.3 is 0 Å². The van der Waals surface area contributed by atoms with E-state index in [0.29, 0.717) is 11.7 Å². The fraction of sp³-hybridized carbons (Fsp3) is 0.533. The van der Waals surface area contributed by atoms with Crippen molar-refractivity contribution in [3.8, 4) is 6.07 Å². The molecule has 1 aromatic carbocycles. The molecule has 0 atom stereocenters. The molecule has 1 aromatic rings. The van der Waals surface area contributed by atoms with E-state index in [4.69, 9.17) is 5.26 Å². The monoisotopic (exact) mass is 262 g/mol. The highest BCUT2D eigenvalue weighted by Gasteiger charge is 1.98. The molecule has 0 fully saturated rings. The van der Waals surface area contributed by atoms with Crippen molar-refractivity contribution in [1.82, 2.24) is 5.32 Å². The third-order valence-electron chi connectivity index (χ3n) is 2.53. The van der Waals surface area contributed by atoms with Gasteiger partial charge in [0.2, 0.25) is 0 Å². The van der Waals surface area contributed by atoms with Gasteiger partial charge in [-0.1, -0.05) is 26.0 Å². The summed E-state index contributed by atoms with van der Waals surface area (Å²) in [6, 6.07) is 11.0. The fourth-order valence-electron chi connectivity index (χ4n) is 1.66. The molecule has 2 nitrogen and oxygen atoms in total. The molecule has 0 aromatic heterocycles. The summed E-state index contributed by atoms with van der Waals surface area (Å²) in [5.74, 6) is 0. The Balaban J connectivity index is 2.21. The lowest BCUT2D eigenvalue weighted by Crippen LogP contribution is -2.18. The first-order valence-electron chi connectivity index (χ1n) is 6.55. The lowest BCUT2D eigenvalue weighted by Gasteiger charge is -2.07. The normalized spacial score (nSPS) is 10.6. The molecule has 98 valence electrons. The van der Waals surface area contributed by atoms with Crippen LogP contribution in [0, 0.1) is 11.3 Å². The third kappa shape index (κ3) is 6.68. The van der Waals surface area contributed by atoms with Crippen molar-refractivity contribution in [3.63, 3.8) is 0 Å². The number of thioether (sulfide) groups is 1. The molecule has 1 N–H and O–H groups in total. The van der Waals surface area contributed by atoms with E-state index in [2.05, 4.69) is 49.5 Å². The number of nitrogens with one attached hydrogen (secondary N) is 1. The van der Waals surface area contributed by atoms with Crippen LogP contribution in [0.5, 0.6) is 0 Å². The third-order valence-corrected chi connectivity index (χ3v) is 3.54. The van der Waals surface area contributed by atoms with Gasteiger partial charge in [0, 0.05) is 16.6 Å². The van der Waals surface area contributed by atoms with Gasteiger partial charge in [-0.15, -0.1) is 11.8 Å². The first-order valence-corrected chi connectivity index (χ1v) is 7.43. The molecule has 0 saturated heterocycles. The molecule has 0 aliphatic heterocycles. The van der Waals surface area contributed by atoms with Crippen molar-refractivity contribution >= 4 is 11.8 Å². The Labute approximate surface area is 115 Å². The van der Waals surface area contributed by atoms with Crippen LogP contribution in [0.2, 0.25) is 0 Å². The quantitative estimate of drug-likeness (QED) is 0.574. The molecule has 3 heteroatoms. The van der Waals surface area contributed by atoms with E-state index >= 15 is 0 Å². The van der Waals surface area contributed by atoms with Gasteiger partial charge in [0.25, 0.3) is 0 Å². The van der Waals surface area contributed by atoms with Gasteiger partial charge in [-0.3, -0.25) is 0 Å². The van der Waals surface area contributed by atoms with Crippen LogP contribution < -0.4 is 5.32 Å². The van der Waals surface area contributed by atoms with Crippen molar-refractivity contribution in [3.05, 3.63) is 29.8 Å². The molecular weight excluding hydrogens is 240 g/mol. The topological polar surface area (TPSA) is 35.8 Å². The summed E-state index contributed by atoms with van der Waals surface area (Å²) in [7, 11) is 0. The number of rotatable bonds is 8. The van der Waals surface area contributed by atoms with E-state index < -0.39 is 0 Å². The van der Waals surface area contributed by atoms with Crippen LogP contribution in [0.25, 0.3) is 0 Å². The van der Waals surface area contributed by atoms with Crippen molar-refractivity contribution in [2.75, 3.05) is 13.1 Å². The predicted octanol–water partition coefficient (Wildman–Crippen LogP) is 3.62. The van der Waals surface area contributed by atoms with Gasteiger partial charge in [0.1, 0.15) is 0 Å². The average molecular weight is 262 g/mol. The first-order chi connectivity index (χ1) is 8.72. The molecule has 0 unspecified atom stereocenters. The number of hydrogen-bond donors (Lipinski definition) is 1. The van der Waals surface area contributed by atoms with Crippen molar-refractivity contribution < 1.29 is 0 Å². The van der Waals surface area contributed by atoms with Crippen LogP contribution in [0.4, 0.5) is 0 Å². The van der Waals surface area contributed by atoms with Crippen molar-refractivity contribution in [2.45, 2.75) is 43.3 Å². The predicted molar refractivity (Wildman–Crippen MR) is 78.9 cm³/mol. The van der Waals surface area contributed by atoms with Gasteiger partial charge in [-0.05, 0) is 43.6 Å². The smallest absolute Gasteiger partial charge is 0.0622 e. The number of nitriles is 1. The second-order valence-electron chi connectivity index (χ2n) is 4.57. The fourth-order valence-corrected chi connectivity index (χ4v) is 2.49. The number of unbranched alkanes of at least 4 members (excludes halogenated alkanes) is 1. The highest BCUT2D eigenvalue weighted by atomic mass is 32.2. The molecule has 18 heavy (non-hydrogen) atoms. The van der Waals surface area contributed by atoms with Gasteiger partial charge in [0.15, 0.2) is 0 Å². The van der Waals surface area contributed by atoms with Gasteiger partial charge < -0.3 is 5.32 Å². The summed E-state index contributed by atoms with van der Waals surface area (Å²) in [5, 5.41) is 12.4. The summed E-state index contributed by atoms with van der Waals surface area (Å²) in [4.78, 5) is 1.34. The SMILES string of the molecule is CC(C)Sc1ccc(CCNCCCC#N)cc1. The summed E-state index contributed by atoms with van der Waals surface area (Å²) < 4.78 is 0. The maximum absolute atomic E-state index is 8.41. The standard InChI is InChI=1S/C15H22N2S/c1-13(2)18-15-7-5-14(6-8-15)9-12-17-11-4-3-10-16/h5-8,13,17H,3-4,9,11-12H2,1-2H3. The second-order valence-corrected chi connectivity index (χ2v) is 6.22. The Morgan fingerprint density at radius 1 is 1.22 bits per heavy atom. The van der Waals surface area contributed by atoms with Crippen LogP contribution >= 0.6 is 11.8 Å². The molecule has 0 bridgehead atoms. The van der Waals surface area contributed by atoms with E-state index in [0.717, 1.165) is 25.9 Å². The molecule has 0 saturated carbocycles. The zero-order valence-electron chi connectivity index (χ0n) is 11.3. The molecule has 0 radical (unpaired) electrons. The maximum Gasteiger partial charge on any atom is 0.0622 e. The molecular formula is C15H22N2S. The Morgan fingerprint density at radius 3 is 2.56 bits per heavy atom. The Bertz CT molecular complexity index is 365. The molecule has 0 amide bonds. The van der Waals surface area contributed by atoms with Crippen LogP contribution in [-0.2, 0) is 6.42 Å². The largest absolute Gasteiger partial charge is 0.316 e. The van der Waals surface area contributed by atoms with E-state index in [1.165, 1.54) is 10.5 Å². The van der Waals surface area contributed by atoms with E-state index in [1.807, 2.05) is 11.8 Å². The van der Waals surface area contributed by atoms with E-state index in [9.17, 15) is 0 Å². The van der Waals surface area contributed by atoms with Crippen LogP contribution in [0.3, 0.4) is 0 Å². The van der Waals surface area contributed by atoms with E-state index in [1.54, 1.807) is 0 Å². The lowest BCUT2D eigenvalue weighted by atomic mass is 10.1. The van der Waals surface area contributed by atoms with E-state index in [-0.39, 0.29) is 0 Å². The number of nitrogens with zero attached hydrogens (tertiary/aromatic N) is 1. The van der Waals surface area contributed by atoms with Gasteiger partial charge in [-0.2, -0.15) is 5.26 Å². The zero-order chi connectivity index (χ0) is 13.2. The summed E-state index contributed by atoms with van der Waals surface area (Å²) in [5.41, 5.74) is 1.37. The zero-order valence-corrected chi connectivity index (χ0v) is 12.1. The summed E-state index contributed by atoms with van der Waals surface area (Å²) >= 11 is 1.90. The molecule has 0 spiro atoms. The molecule has 0 heterocycles. The minimum absolute atomic E-state index is 0.637. The number of hydrogen-bond acceptors (Lipinski definition) is 3. The molecule has 0 aliphatic carbocycles. The minimum Gasteiger partial charge on any atom is -0.316 e. The second kappa shape index (κ2) is 9.02. The minimum atomic E-state index is 0.637. The van der Waals surface area contributed by atoms with Crippen LogP contribution in [0.1, 0.15) is 32.3 Å². The summed E-state index contributed by atoms with van der Waals surface area (Å²) in [6.45, 7) is 6.35. The van der Waals surface area contributed by atoms with Crippen LogP contribution in [-0.4, -0.2) is 18.3 Å². The van der Waals surface area contributed by atoms with Crippen molar-refractivity contribution in [1.29, 1.82) is 5.26 Å². The molecule has 0 aliphatic rings. The highest BCUT2D eigenvalue weighted by molar-refractivity contribution is 7.99. The Hall–Kier alpha value is -0.980. The lowest BCUT2D eigenvalue weighted by molar-refractivity contribution is 0.655. The van der Waals surface area contributed by atoms with Gasteiger partial charge in [-0.25, -0.2) is 0 Å². The summed E-state index contributed by atoms with van der Waals surface area (Å²) in [6.07, 6.45) is 2.65. The van der Waals surface area contributed by atoms with Crippen LogP contribution in [0.15, 0.2) is 29.2 Å². The number of benzene rings is 1. The first kappa shape index (κ1) is 15.1. The Morgan fingerprint density at radius 2 is 1.94 bits per heavy atom. The average Bonchev–Trinajstić information content (AvgIpc) is 2.35.